The van der Waals surface area contributed by atoms with E-state index in [0.29, 0.717) is 15.6 Å². The Hall–Kier alpha value is -1.11. The molecule has 0 bridgehead atoms. The third-order valence-electron chi connectivity index (χ3n) is 2.57. The summed E-state index contributed by atoms with van der Waals surface area (Å²) < 4.78 is 38.0. The van der Waals surface area contributed by atoms with Crippen molar-refractivity contribution in [2.24, 2.45) is 0 Å². The average Bonchev–Trinajstić information content (AvgIpc) is 2.40. The number of nitrogens with zero attached hydrogens (tertiary/aromatic N) is 1. The van der Waals surface area contributed by atoms with Gasteiger partial charge >= 0.3 is 6.18 Å². The van der Waals surface area contributed by atoms with E-state index in [1.54, 1.807) is 0 Å². The van der Waals surface area contributed by atoms with Gasteiger partial charge in [0.2, 0.25) is 0 Å². The van der Waals surface area contributed by atoms with Gasteiger partial charge in [0.15, 0.2) is 5.78 Å². The molecule has 0 aliphatic carbocycles. The number of carbonyl (C=O) groups excluding carboxylic acids is 1. The first-order valence-corrected chi connectivity index (χ1v) is 6.98. The van der Waals surface area contributed by atoms with Crippen LogP contribution in [0.25, 0.3) is 0 Å². The zero-order chi connectivity index (χ0) is 15.8. The van der Waals surface area contributed by atoms with Crippen molar-refractivity contribution in [3.05, 3.63) is 61.8 Å². The molecule has 110 valence electrons. The van der Waals surface area contributed by atoms with Crippen LogP contribution in [0.4, 0.5) is 13.2 Å². The third kappa shape index (κ3) is 3.56. The Kier molecular flexibility index (Phi) is 4.60. The summed E-state index contributed by atoms with van der Waals surface area (Å²) in [5.41, 5.74) is -1.03. The maximum absolute atomic E-state index is 12.5. The first kappa shape index (κ1) is 16.3. The summed E-state index contributed by atoms with van der Waals surface area (Å²) >= 11 is 14.7. The second kappa shape index (κ2) is 5.94. The summed E-state index contributed by atoms with van der Waals surface area (Å²) in [5.74, 6) is -0.543. The quantitative estimate of drug-likeness (QED) is 0.500. The predicted octanol–water partition coefficient (Wildman–Crippen LogP) is 5.40. The molecule has 2 nitrogen and oxygen atoms in total. The molecule has 1 aromatic carbocycles. The largest absolute Gasteiger partial charge is 0.433 e. The van der Waals surface area contributed by atoms with Crippen molar-refractivity contribution < 1.29 is 18.0 Å². The number of benzene rings is 1. The number of hydrogen-bond donors (Lipinski definition) is 0. The fraction of sp³-hybridized carbons (Fsp3) is 0.0769. The highest BCUT2D eigenvalue weighted by atomic mass is 79.9. The predicted molar refractivity (Wildman–Crippen MR) is 76.8 cm³/mol. The fourth-order valence-corrected chi connectivity index (χ4v) is 2.29. The van der Waals surface area contributed by atoms with Crippen molar-refractivity contribution in [1.29, 1.82) is 0 Å². The van der Waals surface area contributed by atoms with Crippen LogP contribution in [0.15, 0.2) is 34.8 Å². The van der Waals surface area contributed by atoms with Gasteiger partial charge in [0.1, 0.15) is 10.8 Å². The zero-order valence-electron chi connectivity index (χ0n) is 10.0. The van der Waals surface area contributed by atoms with Gasteiger partial charge in [0.05, 0.1) is 10.6 Å². The molecule has 2 rings (SSSR count). The van der Waals surface area contributed by atoms with Gasteiger partial charge in [-0.3, -0.25) is 4.79 Å². The van der Waals surface area contributed by atoms with E-state index < -0.39 is 22.8 Å². The monoisotopic (exact) mass is 397 g/mol. The minimum absolute atomic E-state index is 0.112. The molecule has 0 radical (unpaired) electrons. The van der Waals surface area contributed by atoms with Crippen molar-refractivity contribution >= 4 is 44.9 Å². The highest BCUT2D eigenvalue weighted by Gasteiger charge is 2.33. The minimum Gasteiger partial charge on any atom is -0.288 e. The Morgan fingerprint density at radius 2 is 1.81 bits per heavy atom. The van der Waals surface area contributed by atoms with Crippen LogP contribution in [0.5, 0.6) is 0 Å². The summed E-state index contributed by atoms with van der Waals surface area (Å²) in [4.78, 5) is 15.4. The molecule has 0 spiro atoms. The van der Waals surface area contributed by atoms with Gasteiger partial charge in [-0.1, -0.05) is 23.2 Å². The van der Waals surface area contributed by atoms with Crippen LogP contribution >= 0.6 is 39.1 Å². The molecule has 0 N–H and O–H groups in total. The van der Waals surface area contributed by atoms with E-state index in [4.69, 9.17) is 23.2 Å². The van der Waals surface area contributed by atoms with Gasteiger partial charge in [-0.25, -0.2) is 4.98 Å². The van der Waals surface area contributed by atoms with E-state index in [1.165, 1.54) is 18.2 Å². The number of carbonyl (C=O) groups is 1. The summed E-state index contributed by atoms with van der Waals surface area (Å²) in [6, 6.07) is 6.11. The van der Waals surface area contributed by atoms with Crippen LogP contribution in [-0.4, -0.2) is 10.8 Å². The lowest BCUT2D eigenvalue weighted by molar-refractivity contribution is -0.141. The maximum Gasteiger partial charge on any atom is 0.433 e. The molecule has 1 heterocycles. The van der Waals surface area contributed by atoms with Crippen molar-refractivity contribution in [3.63, 3.8) is 0 Å². The number of rotatable bonds is 2. The molecule has 1 aromatic heterocycles. The Bertz CT molecular complexity index is 719. The van der Waals surface area contributed by atoms with E-state index in [9.17, 15) is 18.0 Å². The number of hydrogen-bond acceptors (Lipinski definition) is 2. The average molecular weight is 399 g/mol. The Balaban J connectivity index is 2.42. The highest BCUT2D eigenvalue weighted by Crippen LogP contribution is 2.30. The van der Waals surface area contributed by atoms with Crippen molar-refractivity contribution in [1.82, 2.24) is 4.98 Å². The van der Waals surface area contributed by atoms with E-state index in [1.807, 2.05) is 0 Å². The molecule has 0 aliphatic heterocycles. The molecule has 2 aromatic rings. The molecular formula is C13H5BrCl2F3NO. The second-order valence-electron chi connectivity index (χ2n) is 3.99. The molecule has 21 heavy (non-hydrogen) atoms. The van der Waals surface area contributed by atoms with Gasteiger partial charge in [-0.2, -0.15) is 13.2 Å². The lowest BCUT2D eigenvalue weighted by Gasteiger charge is -2.09. The van der Waals surface area contributed by atoms with Crippen LogP contribution in [0, 0.1) is 0 Å². The van der Waals surface area contributed by atoms with Crippen LogP contribution in [0.2, 0.25) is 10.2 Å². The lowest BCUT2D eigenvalue weighted by Crippen LogP contribution is -2.10. The smallest absolute Gasteiger partial charge is 0.288 e. The van der Waals surface area contributed by atoms with Gasteiger partial charge in [0.25, 0.3) is 0 Å². The highest BCUT2D eigenvalue weighted by molar-refractivity contribution is 9.10. The number of pyridine rings is 1. The molecule has 0 amide bonds. The van der Waals surface area contributed by atoms with Crippen molar-refractivity contribution in [2.75, 3.05) is 0 Å². The number of ketones is 1. The molecule has 0 fully saturated rings. The van der Waals surface area contributed by atoms with Gasteiger partial charge < -0.3 is 0 Å². The third-order valence-corrected chi connectivity index (χ3v) is 4.07. The lowest BCUT2D eigenvalue weighted by atomic mass is 10.0. The molecular weight excluding hydrogens is 394 g/mol. The first-order valence-electron chi connectivity index (χ1n) is 5.43. The van der Waals surface area contributed by atoms with E-state index in [-0.39, 0.29) is 11.1 Å². The fourth-order valence-electron chi connectivity index (χ4n) is 1.55. The molecule has 0 saturated carbocycles. The normalized spacial score (nSPS) is 11.5. The molecule has 0 unspecified atom stereocenters. The van der Waals surface area contributed by atoms with Crippen LogP contribution in [0.3, 0.4) is 0 Å². The number of aromatic nitrogens is 1. The summed E-state index contributed by atoms with van der Waals surface area (Å²) in [7, 11) is 0. The van der Waals surface area contributed by atoms with E-state index >= 15 is 0 Å². The number of alkyl halides is 3. The Labute approximate surface area is 136 Å². The van der Waals surface area contributed by atoms with Crippen molar-refractivity contribution in [2.45, 2.75) is 6.18 Å². The molecule has 8 heteroatoms. The van der Waals surface area contributed by atoms with Gasteiger partial charge in [0, 0.05) is 10.0 Å². The molecule has 0 saturated heterocycles. The van der Waals surface area contributed by atoms with Gasteiger partial charge in [-0.15, -0.1) is 0 Å². The summed E-state index contributed by atoms with van der Waals surface area (Å²) in [5, 5.41) is -0.0934. The maximum atomic E-state index is 12.5. The second-order valence-corrected chi connectivity index (χ2v) is 5.61. The van der Waals surface area contributed by atoms with E-state index in [2.05, 4.69) is 20.9 Å². The topological polar surface area (TPSA) is 30.0 Å². The standard InChI is InChI=1S/C13H5BrCl2F3NO/c14-8-5-6(1-3-9(8)15)11(21)7-2-4-10(13(17,18)19)20-12(7)16/h1-5H. The summed E-state index contributed by atoms with van der Waals surface area (Å²) in [6.07, 6.45) is -4.62. The number of halogens is 6. The van der Waals surface area contributed by atoms with Crippen molar-refractivity contribution in [3.8, 4) is 0 Å². The van der Waals surface area contributed by atoms with Gasteiger partial charge in [-0.05, 0) is 46.3 Å². The van der Waals surface area contributed by atoms with Crippen LogP contribution in [-0.2, 0) is 6.18 Å². The van der Waals surface area contributed by atoms with Crippen LogP contribution in [0.1, 0.15) is 21.6 Å². The Morgan fingerprint density at radius 3 is 2.33 bits per heavy atom. The minimum atomic E-state index is -4.62. The Morgan fingerprint density at radius 1 is 1.14 bits per heavy atom. The molecule has 0 atom stereocenters. The molecule has 0 aliphatic rings. The van der Waals surface area contributed by atoms with E-state index in [0.717, 1.165) is 6.07 Å². The van der Waals surface area contributed by atoms with Crippen LogP contribution < -0.4 is 0 Å². The SMILES string of the molecule is O=C(c1ccc(Cl)c(Br)c1)c1ccc(C(F)(F)F)nc1Cl. The zero-order valence-corrected chi connectivity index (χ0v) is 13.1. The summed E-state index contributed by atoms with van der Waals surface area (Å²) in [6.45, 7) is 0. The first-order chi connectivity index (χ1) is 9.70.